The van der Waals surface area contributed by atoms with E-state index in [9.17, 15) is 44.1 Å². The lowest BCUT2D eigenvalue weighted by atomic mass is 9.99. The third-order valence-electron chi connectivity index (χ3n) is 6.73. The van der Waals surface area contributed by atoms with Crippen LogP contribution in [0.2, 0.25) is 0 Å². The quantitative estimate of drug-likeness (QED) is 0.0763. The van der Waals surface area contributed by atoms with Crippen LogP contribution in [-0.4, -0.2) is 105 Å². The number of carbonyl (C=O) groups excluding carboxylic acids is 6. The van der Waals surface area contributed by atoms with Crippen molar-refractivity contribution in [2.75, 3.05) is 0 Å². The highest BCUT2D eigenvalue weighted by molar-refractivity contribution is 5.97. The summed E-state index contributed by atoms with van der Waals surface area (Å²) in [5.41, 5.74) is 11.1. The molecular weight excluding hydrogens is 566 g/mol. The Morgan fingerprint density at radius 1 is 0.442 bits per heavy atom. The lowest BCUT2D eigenvalue weighted by molar-refractivity contribution is -0.138. The normalized spacial score (nSPS) is 17.9. The Balaban J connectivity index is 5.85. The summed E-state index contributed by atoms with van der Waals surface area (Å²) in [6, 6.07) is -7.93. The van der Waals surface area contributed by atoms with E-state index in [0.29, 0.717) is 0 Å². The molecule has 16 heteroatoms. The molecule has 16 nitrogen and oxygen atoms in total. The SMILES string of the molecule is CC(C)[C@H](N)C(=O)N[C@H](C(=O)N[C@H](C(=O)N[C@H](C(=O)N[C@H](C(=O)N[C@H](C(N)=O)C(C)O)C(C)C)C(C)O)C(C)C)C(C)O. The van der Waals surface area contributed by atoms with Crippen LogP contribution in [0.5, 0.6) is 0 Å². The number of hydrogen-bond acceptors (Lipinski definition) is 10. The highest BCUT2D eigenvalue weighted by Crippen LogP contribution is 2.09. The topological polar surface area (TPSA) is 275 Å². The third-order valence-corrected chi connectivity index (χ3v) is 6.73. The van der Waals surface area contributed by atoms with E-state index in [2.05, 4.69) is 26.6 Å². The zero-order valence-electron chi connectivity index (χ0n) is 26.4. The highest BCUT2D eigenvalue weighted by atomic mass is 16.3. The number of hydrogen-bond donors (Lipinski definition) is 10. The number of aliphatic hydroxyl groups is 3. The van der Waals surface area contributed by atoms with Gasteiger partial charge in [-0.25, -0.2) is 0 Å². The Morgan fingerprint density at radius 3 is 0.953 bits per heavy atom. The largest absolute Gasteiger partial charge is 0.391 e. The molecule has 0 heterocycles. The summed E-state index contributed by atoms with van der Waals surface area (Å²) < 4.78 is 0. The van der Waals surface area contributed by atoms with Gasteiger partial charge in [-0.15, -0.1) is 0 Å². The highest BCUT2D eigenvalue weighted by Gasteiger charge is 2.37. The average molecular weight is 618 g/mol. The van der Waals surface area contributed by atoms with E-state index in [1.54, 1.807) is 41.5 Å². The number of amides is 6. The van der Waals surface area contributed by atoms with Gasteiger partial charge in [-0.05, 0) is 38.5 Å². The molecule has 0 aliphatic carbocycles. The lowest BCUT2D eigenvalue weighted by Crippen LogP contribution is -2.64. The van der Waals surface area contributed by atoms with E-state index in [4.69, 9.17) is 11.5 Å². The van der Waals surface area contributed by atoms with Crippen LogP contribution in [0, 0.1) is 17.8 Å². The summed E-state index contributed by atoms with van der Waals surface area (Å²) in [5.74, 6) is -6.53. The molecule has 0 bridgehead atoms. The second-order valence-corrected chi connectivity index (χ2v) is 11.8. The molecule has 0 radical (unpaired) electrons. The zero-order valence-corrected chi connectivity index (χ0v) is 26.4. The maximum atomic E-state index is 13.3. The van der Waals surface area contributed by atoms with Crippen LogP contribution in [-0.2, 0) is 28.8 Å². The molecule has 9 atom stereocenters. The molecule has 0 aromatic rings. The first-order valence-electron chi connectivity index (χ1n) is 14.2. The Kier molecular flexibility index (Phi) is 16.3. The van der Waals surface area contributed by atoms with Gasteiger partial charge in [-0.1, -0.05) is 41.5 Å². The van der Waals surface area contributed by atoms with Crippen molar-refractivity contribution >= 4 is 35.4 Å². The van der Waals surface area contributed by atoms with Crippen molar-refractivity contribution in [1.82, 2.24) is 26.6 Å². The Morgan fingerprint density at radius 2 is 0.698 bits per heavy atom. The zero-order chi connectivity index (χ0) is 33.9. The predicted molar refractivity (Wildman–Crippen MR) is 156 cm³/mol. The monoisotopic (exact) mass is 617 g/mol. The fourth-order valence-corrected chi connectivity index (χ4v) is 3.83. The minimum absolute atomic E-state index is 0.250. The standard InChI is InChI=1S/C27H51N7O9/c1-10(2)16(28)23(39)33-20(14(8)36)26(42)31-18(12(5)6)25(41)34-21(15(9)37)27(43)30-17(11(3)4)24(40)32-19(13(7)35)22(29)38/h10-21,35-37H,28H2,1-9H3,(H2,29,38)(H,30,43)(H,31,42)(H,32,40)(H,33,39)(H,34,41)/t13?,14?,15?,16-,17-,18-,19-,20-,21-/m0/s1. The summed E-state index contributed by atoms with van der Waals surface area (Å²) in [6.45, 7) is 13.6. The minimum Gasteiger partial charge on any atom is -0.391 e. The van der Waals surface area contributed by atoms with E-state index in [0.717, 1.165) is 0 Å². The number of primary amides is 1. The van der Waals surface area contributed by atoms with Crippen LogP contribution >= 0.6 is 0 Å². The molecule has 0 aliphatic heterocycles. The Labute approximate surface area is 252 Å². The molecule has 0 aliphatic rings. The van der Waals surface area contributed by atoms with Gasteiger partial charge in [-0.3, -0.25) is 28.8 Å². The molecule has 0 aromatic carbocycles. The van der Waals surface area contributed by atoms with E-state index >= 15 is 0 Å². The van der Waals surface area contributed by atoms with Crippen LogP contribution in [0.25, 0.3) is 0 Å². The van der Waals surface area contributed by atoms with Crippen molar-refractivity contribution in [1.29, 1.82) is 0 Å². The number of nitrogens with two attached hydrogens (primary N) is 2. The number of nitrogens with one attached hydrogen (secondary N) is 5. The van der Waals surface area contributed by atoms with E-state index in [-0.39, 0.29) is 5.92 Å². The summed E-state index contributed by atoms with van der Waals surface area (Å²) in [6.07, 6.45) is -4.12. The summed E-state index contributed by atoms with van der Waals surface area (Å²) in [5, 5.41) is 42.2. The minimum atomic E-state index is -1.58. The Bertz CT molecular complexity index is 986. The Hall–Kier alpha value is -3.34. The molecule has 3 unspecified atom stereocenters. The molecular formula is C27H51N7O9. The molecule has 0 fully saturated rings. The maximum absolute atomic E-state index is 13.3. The van der Waals surface area contributed by atoms with Crippen molar-refractivity contribution in [3.05, 3.63) is 0 Å². The van der Waals surface area contributed by atoms with Gasteiger partial charge in [0.05, 0.1) is 24.4 Å². The van der Waals surface area contributed by atoms with Gasteiger partial charge in [-0.2, -0.15) is 0 Å². The van der Waals surface area contributed by atoms with Gasteiger partial charge in [0.25, 0.3) is 0 Å². The van der Waals surface area contributed by atoms with Crippen LogP contribution in [0.3, 0.4) is 0 Å². The smallest absolute Gasteiger partial charge is 0.245 e. The van der Waals surface area contributed by atoms with Crippen molar-refractivity contribution in [2.45, 2.75) is 117 Å². The first kappa shape index (κ1) is 39.7. The number of aliphatic hydroxyl groups excluding tert-OH is 3. The fraction of sp³-hybridized carbons (Fsp3) is 0.778. The molecule has 0 spiro atoms. The van der Waals surface area contributed by atoms with Gasteiger partial charge in [0, 0.05) is 0 Å². The first-order chi connectivity index (χ1) is 19.6. The average Bonchev–Trinajstić information content (AvgIpc) is 2.87. The second-order valence-electron chi connectivity index (χ2n) is 11.8. The third kappa shape index (κ3) is 12.4. The van der Waals surface area contributed by atoms with Crippen LogP contribution in [0.4, 0.5) is 0 Å². The van der Waals surface area contributed by atoms with E-state index in [1.807, 2.05) is 0 Å². The van der Waals surface area contributed by atoms with Gasteiger partial charge < -0.3 is 53.4 Å². The maximum Gasteiger partial charge on any atom is 0.245 e. The van der Waals surface area contributed by atoms with Gasteiger partial charge >= 0.3 is 0 Å². The van der Waals surface area contributed by atoms with Crippen LogP contribution in [0.15, 0.2) is 0 Å². The molecule has 0 rings (SSSR count). The predicted octanol–water partition coefficient (Wildman–Crippen LogP) is -3.67. The molecule has 0 saturated heterocycles. The molecule has 6 amide bonds. The second kappa shape index (κ2) is 17.7. The van der Waals surface area contributed by atoms with Crippen LogP contribution < -0.4 is 38.1 Å². The number of carbonyl (C=O) groups is 6. The first-order valence-corrected chi connectivity index (χ1v) is 14.2. The molecule has 0 aromatic heterocycles. The van der Waals surface area contributed by atoms with Gasteiger partial charge in [0.15, 0.2) is 0 Å². The summed E-state index contributed by atoms with van der Waals surface area (Å²) in [7, 11) is 0. The van der Waals surface area contributed by atoms with Crippen molar-refractivity contribution in [3.8, 4) is 0 Å². The fourth-order valence-electron chi connectivity index (χ4n) is 3.83. The van der Waals surface area contributed by atoms with Crippen molar-refractivity contribution < 1.29 is 44.1 Å². The van der Waals surface area contributed by atoms with Gasteiger partial charge in [0.2, 0.25) is 35.4 Å². The lowest BCUT2D eigenvalue weighted by Gasteiger charge is -2.30. The summed E-state index contributed by atoms with van der Waals surface area (Å²) in [4.78, 5) is 76.3. The number of rotatable bonds is 17. The molecule has 43 heavy (non-hydrogen) atoms. The van der Waals surface area contributed by atoms with Crippen molar-refractivity contribution in [2.24, 2.45) is 29.2 Å². The van der Waals surface area contributed by atoms with Gasteiger partial charge in [0.1, 0.15) is 30.2 Å². The van der Waals surface area contributed by atoms with Crippen molar-refractivity contribution in [3.63, 3.8) is 0 Å². The van der Waals surface area contributed by atoms with E-state index < -0.39 is 102 Å². The summed E-state index contributed by atoms with van der Waals surface area (Å²) >= 11 is 0. The molecule has 0 saturated carbocycles. The van der Waals surface area contributed by atoms with Crippen LogP contribution in [0.1, 0.15) is 62.3 Å². The van der Waals surface area contributed by atoms with E-state index in [1.165, 1.54) is 20.8 Å². The molecule has 248 valence electrons. The molecule has 12 N–H and O–H groups in total.